The summed E-state index contributed by atoms with van der Waals surface area (Å²) in [6, 6.07) is -0.455. The van der Waals surface area contributed by atoms with E-state index in [1.165, 1.54) is 63.1 Å². The van der Waals surface area contributed by atoms with Crippen LogP contribution in [0.2, 0.25) is 0 Å². The van der Waals surface area contributed by atoms with Gasteiger partial charge in [-0.25, -0.2) is 4.79 Å². The number of unbranched alkanes of at least 4 members (excludes halogenated alkanes) is 1. The lowest BCUT2D eigenvalue weighted by atomic mass is 9.90. The predicted octanol–water partition coefficient (Wildman–Crippen LogP) is 4.63. The Bertz CT molecular complexity index is 435. The van der Waals surface area contributed by atoms with E-state index in [1.807, 2.05) is 0 Å². The molecule has 1 atom stereocenters. The topological polar surface area (TPSA) is 81.4 Å². The second-order valence-corrected chi connectivity index (χ2v) is 9.24. The number of hydrogen-bond acceptors (Lipinski definition) is 5. The van der Waals surface area contributed by atoms with Crippen molar-refractivity contribution in [2.45, 2.75) is 89.5 Å². The lowest BCUT2D eigenvalue weighted by Gasteiger charge is -2.23. The Morgan fingerprint density at radius 1 is 0.963 bits per heavy atom. The SMILES string of the molecule is NCCCCC(NC(=O)OCC1CCCCC1)C(=O)SCC1CCCCC1. The van der Waals surface area contributed by atoms with Crippen LogP contribution in [0.4, 0.5) is 4.79 Å². The summed E-state index contributed by atoms with van der Waals surface area (Å²) in [4.78, 5) is 24.9. The first-order valence-corrected chi connectivity index (χ1v) is 12.0. The molecule has 0 aromatic carbocycles. The molecular formula is C21H38N2O3S. The van der Waals surface area contributed by atoms with Crippen molar-refractivity contribution < 1.29 is 14.3 Å². The number of thioether (sulfide) groups is 1. The largest absolute Gasteiger partial charge is 0.449 e. The number of carbonyl (C=O) groups is 2. The highest BCUT2D eigenvalue weighted by Crippen LogP contribution is 2.28. The van der Waals surface area contributed by atoms with Crippen molar-refractivity contribution in [3.05, 3.63) is 0 Å². The Hall–Kier alpha value is -0.750. The summed E-state index contributed by atoms with van der Waals surface area (Å²) in [6.45, 7) is 1.09. The van der Waals surface area contributed by atoms with Crippen LogP contribution in [0.25, 0.3) is 0 Å². The van der Waals surface area contributed by atoms with Crippen molar-refractivity contribution in [2.75, 3.05) is 18.9 Å². The van der Waals surface area contributed by atoms with Gasteiger partial charge in [-0.3, -0.25) is 4.79 Å². The van der Waals surface area contributed by atoms with E-state index in [0.717, 1.165) is 31.4 Å². The smallest absolute Gasteiger partial charge is 0.407 e. The molecule has 1 amide bonds. The van der Waals surface area contributed by atoms with Gasteiger partial charge in [0.15, 0.2) is 0 Å². The molecule has 27 heavy (non-hydrogen) atoms. The molecule has 3 N–H and O–H groups in total. The number of ether oxygens (including phenoxy) is 1. The van der Waals surface area contributed by atoms with Crippen molar-refractivity contribution in [3.63, 3.8) is 0 Å². The number of rotatable bonds is 10. The van der Waals surface area contributed by atoms with E-state index in [1.54, 1.807) is 0 Å². The molecule has 2 fully saturated rings. The molecule has 0 aliphatic heterocycles. The second kappa shape index (κ2) is 13.4. The summed E-state index contributed by atoms with van der Waals surface area (Å²) in [7, 11) is 0. The number of alkyl carbamates (subject to hydrolysis) is 1. The molecular weight excluding hydrogens is 360 g/mol. The summed E-state index contributed by atoms with van der Waals surface area (Å²) < 4.78 is 5.43. The van der Waals surface area contributed by atoms with Crippen LogP contribution in [0.15, 0.2) is 0 Å². The van der Waals surface area contributed by atoms with Crippen molar-refractivity contribution in [2.24, 2.45) is 17.6 Å². The van der Waals surface area contributed by atoms with E-state index in [9.17, 15) is 9.59 Å². The molecule has 2 aliphatic carbocycles. The average Bonchev–Trinajstić information content (AvgIpc) is 2.71. The molecule has 2 aliphatic rings. The average molecular weight is 399 g/mol. The fourth-order valence-corrected chi connectivity index (χ4v) is 5.24. The summed E-state index contributed by atoms with van der Waals surface area (Å²) in [5, 5.41) is 2.91. The van der Waals surface area contributed by atoms with Gasteiger partial charge in [0.1, 0.15) is 6.04 Å². The van der Waals surface area contributed by atoms with Gasteiger partial charge in [-0.1, -0.05) is 50.3 Å². The molecule has 156 valence electrons. The van der Waals surface area contributed by atoms with E-state index in [-0.39, 0.29) is 5.12 Å². The van der Waals surface area contributed by atoms with Crippen molar-refractivity contribution in [1.29, 1.82) is 0 Å². The molecule has 1 unspecified atom stereocenters. The Morgan fingerprint density at radius 3 is 2.22 bits per heavy atom. The molecule has 0 aromatic rings. The normalized spacial score (nSPS) is 20.2. The number of nitrogens with one attached hydrogen (secondary N) is 1. The first-order chi connectivity index (χ1) is 13.2. The Morgan fingerprint density at radius 2 is 1.59 bits per heavy atom. The van der Waals surface area contributed by atoms with Gasteiger partial charge < -0.3 is 15.8 Å². The lowest BCUT2D eigenvalue weighted by Crippen LogP contribution is -2.41. The van der Waals surface area contributed by atoms with E-state index in [4.69, 9.17) is 10.5 Å². The lowest BCUT2D eigenvalue weighted by molar-refractivity contribution is -0.112. The van der Waals surface area contributed by atoms with Crippen molar-refractivity contribution in [3.8, 4) is 0 Å². The van der Waals surface area contributed by atoms with Crippen LogP contribution in [0, 0.1) is 11.8 Å². The Kier molecular flexibility index (Phi) is 11.2. The highest BCUT2D eigenvalue weighted by Gasteiger charge is 2.24. The van der Waals surface area contributed by atoms with Crippen molar-refractivity contribution in [1.82, 2.24) is 5.32 Å². The molecule has 2 saturated carbocycles. The van der Waals surface area contributed by atoms with Gasteiger partial charge in [-0.05, 0) is 63.3 Å². The van der Waals surface area contributed by atoms with E-state index < -0.39 is 12.1 Å². The fourth-order valence-electron chi connectivity index (χ4n) is 4.13. The molecule has 0 radical (unpaired) electrons. The second-order valence-electron chi connectivity index (χ2n) is 8.22. The third kappa shape index (κ3) is 9.33. The van der Waals surface area contributed by atoms with Crippen LogP contribution in [-0.4, -0.2) is 36.2 Å². The standard InChI is InChI=1S/C21H38N2O3S/c22-14-8-7-13-19(20(24)27-16-18-11-5-2-6-12-18)23-21(25)26-15-17-9-3-1-4-10-17/h17-19H,1-16,22H2,(H,23,25). The van der Waals surface area contributed by atoms with Gasteiger partial charge in [0.25, 0.3) is 0 Å². The fraction of sp³-hybridized carbons (Fsp3) is 0.905. The molecule has 0 heterocycles. The zero-order valence-corrected chi connectivity index (χ0v) is 17.6. The van der Waals surface area contributed by atoms with Gasteiger partial charge in [-0.2, -0.15) is 0 Å². The quantitative estimate of drug-likeness (QED) is 0.524. The van der Waals surface area contributed by atoms with Gasteiger partial charge in [0.2, 0.25) is 5.12 Å². The molecule has 0 saturated heterocycles. The minimum Gasteiger partial charge on any atom is -0.449 e. The zero-order valence-electron chi connectivity index (χ0n) is 16.8. The van der Waals surface area contributed by atoms with Crippen LogP contribution >= 0.6 is 11.8 Å². The first kappa shape index (κ1) is 22.5. The molecule has 0 bridgehead atoms. The minimum absolute atomic E-state index is 0.0761. The third-order valence-corrected chi connectivity index (χ3v) is 7.09. The number of nitrogens with two attached hydrogens (primary N) is 1. The maximum absolute atomic E-state index is 12.7. The van der Waals surface area contributed by atoms with Crippen LogP contribution in [0.3, 0.4) is 0 Å². The summed E-state index contributed by atoms with van der Waals surface area (Å²) in [5.74, 6) is 2.01. The van der Waals surface area contributed by atoms with Gasteiger partial charge in [-0.15, -0.1) is 0 Å². The molecule has 0 aromatic heterocycles. The summed E-state index contributed by atoms with van der Waals surface area (Å²) in [5.41, 5.74) is 5.58. The number of amides is 1. The Labute approximate surface area is 168 Å². The van der Waals surface area contributed by atoms with Crippen LogP contribution < -0.4 is 11.1 Å². The van der Waals surface area contributed by atoms with Crippen LogP contribution in [0.5, 0.6) is 0 Å². The van der Waals surface area contributed by atoms with Crippen molar-refractivity contribution >= 4 is 23.0 Å². The molecule has 0 spiro atoms. The summed E-state index contributed by atoms with van der Waals surface area (Å²) in [6.07, 6.45) is 14.3. The first-order valence-electron chi connectivity index (χ1n) is 11.0. The van der Waals surface area contributed by atoms with E-state index >= 15 is 0 Å². The molecule has 2 rings (SSSR count). The Balaban J connectivity index is 1.74. The predicted molar refractivity (Wildman–Crippen MR) is 112 cm³/mol. The van der Waals surface area contributed by atoms with Gasteiger partial charge >= 0.3 is 6.09 Å². The van der Waals surface area contributed by atoms with E-state index in [2.05, 4.69) is 5.32 Å². The minimum atomic E-state index is -0.455. The van der Waals surface area contributed by atoms with Gasteiger partial charge in [0.05, 0.1) is 6.61 Å². The van der Waals surface area contributed by atoms with Crippen LogP contribution in [0.1, 0.15) is 83.5 Å². The highest BCUT2D eigenvalue weighted by molar-refractivity contribution is 8.13. The maximum Gasteiger partial charge on any atom is 0.407 e. The zero-order chi connectivity index (χ0) is 19.3. The van der Waals surface area contributed by atoms with Gasteiger partial charge in [0, 0.05) is 5.75 Å². The molecule has 6 heteroatoms. The monoisotopic (exact) mass is 398 g/mol. The number of carbonyl (C=O) groups excluding carboxylic acids is 2. The van der Waals surface area contributed by atoms with Crippen LogP contribution in [-0.2, 0) is 9.53 Å². The molecule has 5 nitrogen and oxygen atoms in total. The summed E-state index contributed by atoms with van der Waals surface area (Å²) >= 11 is 1.40. The third-order valence-electron chi connectivity index (χ3n) is 5.88. The van der Waals surface area contributed by atoms with E-state index in [0.29, 0.717) is 31.4 Å². The number of hydrogen-bond donors (Lipinski definition) is 2. The maximum atomic E-state index is 12.7. The highest BCUT2D eigenvalue weighted by atomic mass is 32.2.